The molecule has 0 aliphatic carbocycles. The minimum absolute atomic E-state index is 0.0614. The largest absolute Gasteiger partial charge is 0.383 e. The molecular weight excluding hydrogens is 412 g/mol. The average Bonchev–Trinajstić information content (AvgIpc) is 3.42. The van der Waals surface area contributed by atoms with Crippen LogP contribution in [-0.4, -0.2) is 37.4 Å². The molecule has 166 valence electrons. The number of carbonyl (C=O) groups is 1. The van der Waals surface area contributed by atoms with Crippen LogP contribution in [-0.2, 0) is 0 Å². The Morgan fingerprint density at radius 3 is 2.45 bits per heavy atom. The summed E-state index contributed by atoms with van der Waals surface area (Å²) >= 11 is 0. The number of hydrogen-bond acceptors (Lipinski definition) is 6. The van der Waals surface area contributed by atoms with Gasteiger partial charge in [0.05, 0.1) is 23.1 Å². The van der Waals surface area contributed by atoms with Gasteiger partial charge in [-0.2, -0.15) is 9.61 Å². The van der Waals surface area contributed by atoms with Gasteiger partial charge in [0.2, 0.25) is 0 Å². The SMILES string of the molecule is CC(=O)c1c([C@H]2C[C@H]3CC[C@@H](C2)N3)nc2c(-c3ccc(-c4ccccc4)nc3)cnn2c1N. The minimum atomic E-state index is -0.0614. The Balaban J connectivity index is 1.45. The van der Waals surface area contributed by atoms with E-state index in [0.717, 1.165) is 40.9 Å². The molecule has 2 fully saturated rings. The molecule has 5 heterocycles. The van der Waals surface area contributed by atoms with Crippen molar-refractivity contribution >= 4 is 17.2 Å². The fraction of sp³-hybridized carbons (Fsp3) is 0.308. The highest BCUT2D eigenvalue weighted by atomic mass is 16.1. The first kappa shape index (κ1) is 20.1. The van der Waals surface area contributed by atoms with Crippen LogP contribution in [0.2, 0.25) is 0 Å². The van der Waals surface area contributed by atoms with E-state index in [2.05, 4.69) is 15.4 Å². The van der Waals surface area contributed by atoms with E-state index in [1.165, 1.54) is 12.8 Å². The number of nitrogens with zero attached hydrogens (tertiary/aromatic N) is 4. The van der Waals surface area contributed by atoms with Crippen LogP contribution in [0.3, 0.4) is 0 Å². The summed E-state index contributed by atoms with van der Waals surface area (Å²) in [5, 5.41) is 8.16. The van der Waals surface area contributed by atoms with Crippen molar-refractivity contribution in [3.05, 3.63) is 66.1 Å². The van der Waals surface area contributed by atoms with Crippen LogP contribution in [0.15, 0.2) is 54.9 Å². The summed E-state index contributed by atoms with van der Waals surface area (Å²) < 4.78 is 1.59. The number of aromatic nitrogens is 4. The number of nitrogens with two attached hydrogens (primary N) is 1. The number of hydrogen-bond donors (Lipinski definition) is 2. The number of benzene rings is 1. The molecule has 2 aliphatic heterocycles. The van der Waals surface area contributed by atoms with Crippen molar-refractivity contribution in [3.63, 3.8) is 0 Å². The molecule has 2 aliphatic rings. The highest BCUT2D eigenvalue weighted by molar-refractivity contribution is 6.00. The summed E-state index contributed by atoms with van der Waals surface area (Å²) in [6, 6.07) is 15.1. The number of anilines is 1. The zero-order chi connectivity index (χ0) is 22.5. The van der Waals surface area contributed by atoms with Gasteiger partial charge >= 0.3 is 0 Å². The van der Waals surface area contributed by atoms with Gasteiger partial charge in [-0.3, -0.25) is 9.78 Å². The van der Waals surface area contributed by atoms with Crippen molar-refractivity contribution < 1.29 is 4.79 Å². The Hall–Kier alpha value is -3.58. The number of piperidine rings is 1. The molecule has 2 bridgehead atoms. The first-order valence-corrected chi connectivity index (χ1v) is 11.5. The molecule has 33 heavy (non-hydrogen) atoms. The maximum absolute atomic E-state index is 12.6. The fourth-order valence-corrected chi connectivity index (χ4v) is 5.51. The van der Waals surface area contributed by atoms with Crippen molar-refractivity contribution in [2.45, 2.75) is 50.6 Å². The van der Waals surface area contributed by atoms with E-state index >= 15 is 0 Å². The highest BCUT2D eigenvalue weighted by Gasteiger charge is 2.37. The van der Waals surface area contributed by atoms with Gasteiger partial charge < -0.3 is 11.1 Å². The van der Waals surface area contributed by atoms with Crippen LogP contribution < -0.4 is 11.1 Å². The second-order valence-corrected chi connectivity index (χ2v) is 9.21. The van der Waals surface area contributed by atoms with Gasteiger partial charge in [0.15, 0.2) is 11.4 Å². The Morgan fingerprint density at radius 2 is 1.79 bits per heavy atom. The molecule has 0 saturated carbocycles. The summed E-state index contributed by atoms with van der Waals surface area (Å²) in [6.45, 7) is 1.56. The van der Waals surface area contributed by atoms with Gasteiger partial charge in [0.1, 0.15) is 5.82 Å². The summed E-state index contributed by atoms with van der Waals surface area (Å²) in [5.74, 6) is 0.526. The van der Waals surface area contributed by atoms with Crippen molar-refractivity contribution in [1.82, 2.24) is 24.9 Å². The number of Topliss-reactive ketones (excluding diaryl/α,β-unsaturated/α-hetero) is 1. The molecule has 2 saturated heterocycles. The summed E-state index contributed by atoms with van der Waals surface area (Å²) in [5.41, 5.74) is 12.3. The lowest BCUT2D eigenvalue weighted by atomic mass is 9.86. The normalized spacial score (nSPS) is 22.0. The zero-order valence-electron chi connectivity index (χ0n) is 18.5. The van der Waals surface area contributed by atoms with Gasteiger partial charge in [-0.25, -0.2) is 4.98 Å². The van der Waals surface area contributed by atoms with E-state index in [1.54, 1.807) is 17.6 Å². The van der Waals surface area contributed by atoms with Crippen LogP contribution in [0.1, 0.15) is 54.6 Å². The Kier molecular flexibility index (Phi) is 4.73. The summed E-state index contributed by atoms with van der Waals surface area (Å²) in [6.07, 6.45) is 7.95. The molecule has 3 aromatic heterocycles. The third-order valence-electron chi connectivity index (χ3n) is 7.07. The van der Waals surface area contributed by atoms with E-state index in [0.29, 0.717) is 29.1 Å². The molecule has 7 heteroatoms. The molecular formula is C26H26N6O. The lowest BCUT2D eigenvalue weighted by Gasteiger charge is -2.30. The Morgan fingerprint density at radius 1 is 1.03 bits per heavy atom. The number of pyridine rings is 1. The third kappa shape index (κ3) is 3.40. The molecule has 3 N–H and O–H groups in total. The maximum Gasteiger partial charge on any atom is 0.165 e. The third-order valence-corrected chi connectivity index (χ3v) is 7.07. The number of nitrogen functional groups attached to an aromatic ring is 1. The molecule has 4 aromatic rings. The smallest absolute Gasteiger partial charge is 0.165 e. The zero-order valence-corrected chi connectivity index (χ0v) is 18.5. The predicted octanol–water partition coefficient (Wildman–Crippen LogP) is 4.24. The minimum Gasteiger partial charge on any atom is -0.383 e. The lowest BCUT2D eigenvalue weighted by Crippen LogP contribution is -2.38. The van der Waals surface area contributed by atoms with Crippen molar-refractivity contribution in [1.29, 1.82) is 0 Å². The fourth-order valence-electron chi connectivity index (χ4n) is 5.51. The number of nitrogens with one attached hydrogen (secondary N) is 1. The molecule has 0 unspecified atom stereocenters. The quantitative estimate of drug-likeness (QED) is 0.463. The average molecular weight is 439 g/mol. The lowest BCUT2D eigenvalue weighted by molar-refractivity contribution is 0.101. The van der Waals surface area contributed by atoms with Gasteiger partial charge in [-0.1, -0.05) is 36.4 Å². The molecule has 0 spiro atoms. The van der Waals surface area contributed by atoms with E-state index in [1.807, 2.05) is 48.7 Å². The van der Waals surface area contributed by atoms with Crippen LogP contribution in [0, 0.1) is 0 Å². The maximum atomic E-state index is 12.6. The van der Waals surface area contributed by atoms with Gasteiger partial charge in [-0.05, 0) is 38.7 Å². The number of fused-ring (bicyclic) bond motifs is 3. The van der Waals surface area contributed by atoms with Crippen LogP contribution in [0.25, 0.3) is 28.0 Å². The molecule has 3 atom stereocenters. The summed E-state index contributed by atoms with van der Waals surface area (Å²) in [7, 11) is 0. The molecule has 0 radical (unpaired) electrons. The van der Waals surface area contributed by atoms with Crippen LogP contribution in [0.5, 0.6) is 0 Å². The first-order valence-electron chi connectivity index (χ1n) is 11.5. The van der Waals surface area contributed by atoms with E-state index < -0.39 is 0 Å². The first-order chi connectivity index (χ1) is 16.1. The molecule has 7 nitrogen and oxygen atoms in total. The molecule has 0 amide bonds. The Labute approximate surface area is 192 Å². The predicted molar refractivity (Wildman–Crippen MR) is 128 cm³/mol. The van der Waals surface area contributed by atoms with E-state index in [9.17, 15) is 4.79 Å². The number of carbonyl (C=O) groups excluding carboxylic acids is 1. The van der Waals surface area contributed by atoms with Crippen molar-refractivity contribution in [2.75, 3.05) is 5.73 Å². The Bertz CT molecular complexity index is 1330. The second-order valence-electron chi connectivity index (χ2n) is 9.21. The van der Waals surface area contributed by atoms with Crippen molar-refractivity contribution in [3.8, 4) is 22.4 Å². The van der Waals surface area contributed by atoms with Gasteiger partial charge in [0.25, 0.3) is 0 Å². The van der Waals surface area contributed by atoms with Gasteiger partial charge in [0, 0.05) is 40.9 Å². The van der Waals surface area contributed by atoms with Gasteiger partial charge in [-0.15, -0.1) is 0 Å². The highest BCUT2D eigenvalue weighted by Crippen LogP contribution is 2.40. The summed E-state index contributed by atoms with van der Waals surface area (Å²) in [4.78, 5) is 22.3. The van der Waals surface area contributed by atoms with Crippen LogP contribution in [0.4, 0.5) is 5.82 Å². The molecule has 6 rings (SSSR count). The van der Waals surface area contributed by atoms with E-state index in [4.69, 9.17) is 10.7 Å². The van der Waals surface area contributed by atoms with Crippen LogP contribution >= 0.6 is 0 Å². The monoisotopic (exact) mass is 438 g/mol. The van der Waals surface area contributed by atoms with E-state index in [-0.39, 0.29) is 11.7 Å². The standard InChI is InChI=1S/C26H26N6O/c1-15(33)23-24(18-11-19-8-9-20(12-18)30-19)31-26-21(14-29-32(26)25(23)27)17-7-10-22(28-13-17)16-5-3-2-4-6-16/h2-7,10,13-14,18-20,30H,8-9,11-12,27H2,1H3/t18-,19+,20-. The second kappa shape index (κ2) is 7.78. The number of ketones is 1. The topological polar surface area (TPSA) is 98.2 Å². The number of rotatable bonds is 4. The van der Waals surface area contributed by atoms with Crippen molar-refractivity contribution in [2.24, 2.45) is 0 Å². The molecule has 1 aromatic carbocycles.